The second-order valence-corrected chi connectivity index (χ2v) is 9.37. The Kier molecular flexibility index (Phi) is 5.34. The Morgan fingerprint density at radius 2 is 1.88 bits per heavy atom. The van der Waals surface area contributed by atoms with Crippen LogP contribution in [0, 0.1) is 11.3 Å². The lowest BCUT2D eigenvalue weighted by Crippen LogP contribution is -2.36. The van der Waals surface area contributed by atoms with Crippen molar-refractivity contribution in [2.24, 2.45) is 11.3 Å². The molecule has 1 aliphatic carbocycles. The molecule has 1 amide bonds. The standard InChI is InChI=1S/C24H28F3N3O2/c25-24(26,27)32-21-6-4-19(5-7-21)29-11-8-23(9-12-29)14-18(23)15-28-22(31)17-13-20-3-1-2-10-30(20)16-17/h4-7,13,16,18H,1-3,8-12,14-15H2,(H,28,31). The van der Waals surface area contributed by atoms with E-state index in [0.29, 0.717) is 17.9 Å². The van der Waals surface area contributed by atoms with Gasteiger partial charge in [0, 0.05) is 43.8 Å². The Morgan fingerprint density at radius 1 is 1.12 bits per heavy atom. The number of alkyl halides is 3. The molecule has 1 unspecified atom stereocenters. The second kappa shape index (κ2) is 8.05. The van der Waals surface area contributed by atoms with Crippen molar-refractivity contribution in [3.8, 4) is 5.75 Å². The summed E-state index contributed by atoms with van der Waals surface area (Å²) >= 11 is 0. The lowest BCUT2D eigenvalue weighted by Gasteiger charge is -2.34. The summed E-state index contributed by atoms with van der Waals surface area (Å²) < 4.78 is 43.1. The molecule has 3 aliphatic rings. The number of benzene rings is 1. The monoisotopic (exact) mass is 447 g/mol. The number of nitrogens with one attached hydrogen (secondary N) is 1. The fourth-order valence-electron chi connectivity index (χ4n) is 5.41. The Bertz CT molecular complexity index is 952. The Labute approximate surface area is 185 Å². The van der Waals surface area contributed by atoms with Crippen LogP contribution in [0.15, 0.2) is 36.5 Å². The van der Waals surface area contributed by atoms with Gasteiger partial charge >= 0.3 is 6.36 Å². The van der Waals surface area contributed by atoms with Crippen molar-refractivity contribution in [2.45, 2.75) is 51.4 Å². The second-order valence-electron chi connectivity index (χ2n) is 9.37. The van der Waals surface area contributed by atoms with Crippen LogP contribution in [0.4, 0.5) is 18.9 Å². The van der Waals surface area contributed by atoms with E-state index < -0.39 is 6.36 Å². The van der Waals surface area contributed by atoms with Gasteiger partial charge in [-0.15, -0.1) is 13.2 Å². The number of halogens is 3. The van der Waals surface area contributed by atoms with Gasteiger partial charge in [0.05, 0.1) is 5.56 Å². The first-order valence-electron chi connectivity index (χ1n) is 11.4. The summed E-state index contributed by atoms with van der Waals surface area (Å²) in [4.78, 5) is 14.8. The third-order valence-electron chi connectivity index (χ3n) is 7.39. The molecule has 0 radical (unpaired) electrons. The smallest absolute Gasteiger partial charge is 0.406 e. The molecule has 3 heterocycles. The lowest BCUT2D eigenvalue weighted by atomic mass is 9.90. The van der Waals surface area contributed by atoms with Crippen molar-refractivity contribution in [3.63, 3.8) is 0 Å². The quantitative estimate of drug-likeness (QED) is 0.719. The number of ether oxygens (including phenoxy) is 1. The maximum atomic E-state index is 12.6. The number of amides is 1. The van der Waals surface area contributed by atoms with Crippen LogP contribution >= 0.6 is 0 Å². The van der Waals surface area contributed by atoms with Crippen molar-refractivity contribution in [2.75, 3.05) is 24.5 Å². The van der Waals surface area contributed by atoms with Gasteiger partial charge in [0.15, 0.2) is 0 Å². The highest BCUT2D eigenvalue weighted by molar-refractivity contribution is 5.94. The SMILES string of the molecule is O=C(NCC1CC12CCN(c1ccc(OC(F)(F)F)cc1)CC2)c1cc2n(c1)CCCC2. The molecule has 2 fully saturated rings. The van der Waals surface area contributed by atoms with Gasteiger partial charge in [-0.25, -0.2) is 0 Å². The number of carbonyl (C=O) groups excluding carboxylic acids is 1. The predicted octanol–water partition coefficient (Wildman–Crippen LogP) is 4.76. The van der Waals surface area contributed by atoms with Crippen LogP contribution in [0.3, 0.4) is 0 Å². The molecule has 5 rings (SSSR count). The number of rotatable bonds is 5. The molecular formula is C24H28F3N3O2. The highest BCUT2D eigenvalue weighted by Gasteiger charge is 2.54. The normalized spacial score (nSPS) is 21.8. The van der Waals surface area contributed by atoms with E-state index in [0.717, 1.165) is 56.6 Å². The Morgan fingerprint density at radius 3 is 2.56 bits per heavy atom. The lowest BCUT2D eigenvalue weighted by molar-refractivity contribution is -0.274. The summed E-state index contributed by atoms with van der Waals surface area (Å²) in [7, 11) is 0. The fourth-order valence-corrected chi connectivity index (χ4v) is 5.41. The third-order valence-corrected chi connectivity index (χ3v) is 7.39. The number of hydrogen-bond donors (Lipinski definition) is 1. The number of anilines is 1. The minimum Gasteiger partial charge on any atom is -0.406 e. The van der Waals surface area contributed by atoms with Gasteiger partial charge in [0.25, 0.3) is 5.91 Å². The molecule has 0 bridgehead atoms. The van der Waals surface area contributed by atoms with E-state index in [1.165, 1.54) is 30.7 Å². The average Bonchev–Trinajstić information content (AvgIpc) is 3.24. The van der Waals surface area contributed by atoms with Gasteiger partial charge in [0.1, 0.15) is 5.75 Å². The summed E-state index contributed by atoms with van der Waals surface area (Å²) in [5.74, 6) is 0.331. The van der Waals surface area contributed by atoms with Gasteiger partial charge in [-0.2, -0.15) is 0 Å². The molecule has 5 nitrogen and oxygen atoms in total. The number of aryl methyl sites for hydroxylation is 2. The number of carbonyl (C=O) groups is 1. The maximum absolute atomic E-state index is 12.6. The zero-order valence-electron chi connectivity index (χ0n) is 18.0. The van der Waals surface area contributed by atoms with E-state index in [1.54, 1.807) is 12.1 Å². The molecule has 172 valence electrons. The number of piperidine rings is 1. The maximum Gasteiger partial charge on any atom is 0.573 e. The zero-order chi connectivity index (χ0) is 22.3. The third kappa shape index (κ3) is 4.45. The van der Waals surface area contributed by atoms with Crippen LogP contribution < -0.4 is 15.0 Å². The van der Waals surface area contributed by atoms with Crippen molar-refractivity contribution >= 4 is 11.6 Å². The van der Waals surface area contributed by atoms with Gasteiger partial charge in [0.2, 0.25) is 0 Å². The molecule has 1 atom stereocenters. The Hall–Kier alpha value is -2.64. The van der Waals surface area contributed by atoms with E-state index in [4.69, 9.17) is 0 Å². The molecule has 1 spiro atoms. The summed E-state index contributed by atoms with van der Waals surface area (Å²) in [6.45, 7) is 3.46. The van der Waals surface area contributed by atoms with Gasteiger partial charge in [-0.3, -0.25) is 4.79 Å². The summed E-state index contributed by atoms with van der Waals surface area (Å²) in [5, 5.41) is 3.14. The van der Waals surface area contributed by atoms with Crippen molar-refractivity contribution < 1.29 is 22.7 Å². The van der Waals surface area contributed by atoms with E-state index in [9.17, 15) is 18.0 Å². The van der Waals surface area contributed by atoms with Crippen molar-refractivity contribution in [3.05, 3.63) is 47.8 Å². The molecule has 1 N–H and O–H groups in total. The number of aromatic nitrogens is 1. The zero-order valence-corrected chi connectivity index (χ0v) is 18.0. The van der Waals surface area contributed by atoms with E-state index in [2.05, 4.69) is 19.5 Å². The first-order chi connectivity index (χ1) is 15.3. The fraction of sp³-hybridized carbons (Fsp3) is 0.542. The molecule has 32 heavy (non-hydrogen) atoms. The number of hydrogen-bond acceptors (Lipinski definition) is 3. The van der Waals surface area contributed by atoms with E-state index >= 15 is 0 Å². The molecule has 2 aliphatic heterocycles. The van der Waals surface area contributed by atoms with Crippen molar-refractivity contribution in [1.29, 1.82) is 0 Å². The molecule has 1 saturated carbocycles. The van der Waals surface area contributed by atoms with Crippen LogP contribution in [-0.4, -0.2) is 36.5 Å². The van der Waals surface area contributed by atoms with Gasteiger partial charge in [-0.05, 0) is 80.2 Å². The average molecular weight is 448 g/mol. The van der Waals surface area contributed by atoms with Crippen LogP contribution in [0.2, 0.25) is 0 Å². The first kappa shape index (κ1) is 21.2. The van der Waals surface area contributed by atoms with Gasteiger partial charge < -0.3 is 19.5 Å². The van der Waals surface area contributed by atoms with Crippen molar-refractivity contribution in [1.82, 2.24) is 9.88 Å². The minimum atomic E-state index is -4.67. The first-order valence-corrected chi connectivity index (χ1v) is 11.4. The summed E-state index contributed by atoms with van der Waals surface area (Å²) in [5.41, 5.74) is 3.24. The Balaban J connectivity index is 1.10. The molecule has 1 aromatic heterocycles. The van der Waals surface area contributed by atoms with Crippen LogP contribution in [-0.2, 0) is 13.0 Å². The highest BCUT2D eigenvalue weighted by Crippen LogP contribution is 2.59. The summed E-state index contributed by atoms with van der Waals surface area (Å²) in [6.07, 6.45) is 3.93. The highest BCUT2D eigenvalue weighted by atomic mass is 19.4. The molecule has 8 heteroatoms. The van der Waals surface area contributed by atoms with Crippen LogP contribution in [0.25, 0.3) is 0 Å². The summed E-state index contributed by atoms with van der Waals surface area (Å²) in [6, 6.07) is 8.12. The number of nitrogens with zero attached hydrogens (tertiary/aromatic N) is 2. The van der Waals surface area contributed by atoms with E-state index in [1.807, 2.05) is 12.3 Å². The molecule has 1 saturated heterocycles. The largest absolute Gasteiger partial charge is 0.573 e. The van der Waals surface area contributed by atoms with Crippen LogP contribution in [0.1, 0.15) is 48.2 Å². The minimum absolute atomic E-state index is 0.0209. The molecule has 1 aromatic carbocycles. The molecular weight excluding hydrogens is 419 g/mol. The molecule has 2 aromatic rings. The topological polar surface area (TPSA) is 46.5 Å². The number of fused-ring (bicyclic) bond motifs is 1. The van der Waals surface area contributed by atoms with Crippen LogP contribution in [0.5, 0.6) is 5.75 Å². The van der Waals surface area contributed by atoms with E-state index in [-0.39, 0.29) is 11.7 Å². The van der Waals surface area contributed by atoms with Gasteiger partial charge in [-0.1, -0.05) is 0 Å². The predicted molar refractivity (Wildman–Crippen MR) is 115 cm³/mol.